The Morgan fingerprint density at radius 3 is 2.58 bits per heavy atom. The molecule has 4 aromatic rings. The fraction of sp³-hybridized carbons (Fsp3) is 0.0455. The summed E-state index contributed by atoms with van der Waals surface area (Å²) in [7, 11) is -3.89. The summed E-state index contributed by atoms with van der Waals surface area (Å²) >= 11 is 12.6. The summed E-state index contributed by atoms with van der Waals surface area (Å²) in [4.78, 5) is 15.7. The smallest absolute Gasteiger partial charge is 0.267 e. The van der Waals surface area contributed by atoms with E-state index in [0.717, 1.165) is 18.4 Å². The van der Waals surface area contributed by atoms with E-state index in [-0.39, 0.29) is 10.7 Å². The van der Waals surface area contributed by atoms with Crippen molar-refractivity contribution in [1.29, 1.82) is 0 Å². The molecule has 1 heterocycles. The molecule has 4 rings (SSSR count). The predicted octanol–water partition coefficient (Wildman–Crippen LogP) is 5.38. The zero-order chi connectivity index (χ0) is 23.9. The van der Waals surface area contributed by atoms with Crippen LogP contribution in [0.5, 0.6) is 0 Å². The number of rotatable bonds is 4. The van der Waals surface area contributed by atoms with Crippen molar-refractivity contribution in [2.24, 2.45) is 0 Å². The zero-order valence-corrected chi connectivity index (χ0v) is 19.1. The van der Waals surface area contributed by atoms with Crippen molar-refractivity contribution < 1.29 is 17.6 Å². The Labute approximate surface area is 198 Å². The molecule has 3 aromatic carbocycles. The maximum atomic E-state index is 14.8. The highest BCUT2D eigenvalue weighted by molar-refractivity contribution is 7.89. The first-order valence-electron chi connectivity index (χ1n) is 9.25. The summed E-state index contributed by atoms with van der Waals surface area (Å²) in [5.41, 5.74) is 1.47. The molecule has 0 bridgehead atoms. The van der Waals surface area contributed by atoms with Crippen molar-refractivity contribution in [1.82, 2.24) is 14.5 Å². The number of amides is 1. The number of nitrogens with zero attached hydrogens (tertiary/aromatic N) is 3. The highest BCUT2D eigenvalue weighted by Gasteiger charge is 2.22. The normalized spacial score (nSPS) is 11.4. The van der Waals surface area contributed by atoms with Gasteiger partial charge in [0.15, 0.2) is 5.69 Å². The molecule has 7 nitrogen and oxygen atoms in total. The first kappa shape index (κ1) is 22.7. The highest BCUT2D eigenvalue weighted by Crippen LogP contribution is 2.37. The van der Waals surface area contributed by atoms with E-state index in [1.165, 1.54) is 4.68 Å². The molecular formula is C22H13Cl2FN4O3S. The largest absolute Gasteiger partial charge is 0.268 e. The molecule has 0 aliphatic rings. The Bertz CT molecular complexity index is 1590. The SMILES string of the molecule is [C-]#[N+]c1ccccc1-c1nn(-c2cc(F)c(C(=O)NS(C)(=O)=O)cc2Cl)c2ccc(Cl)cc12. The van der Waals surface area contributed by atoms with Crippen LogP contribution in [0.4, 0.5) is 10.1 Å². The Kier molecular flexibility index (Phi) is 5.84. The minimum absolute atomic E-state index is 0.0422. The van der Waals surface area contributed by atoms with E-state index in [2.05, 4.69) is 9.94 Å². The van der Waals surface area contributed by atoms with Crippen LogP contribution >= 0.6 is 23.2 Å². The van der Waals surface area contributed by atoms with Crippen LogP contribution in [0.3, 0.4) is 0 Å². The quantitative estimate of drug-likeness (QED) is 0.379. The molecule has 1 amide bonds. The highest BCUT2D eigenvalue weighted by atomic mass is 35.5. The molecule has 1 aromatic heterocycles. The van der Waals surface area contributed by atoms with Gasteiger partial charge in [-0.05, 0) is 24.3 Å². The molecule has 1 N–H and O–H groups in total. The van der Waals surface area contributed by atoms with Crippen LogP contribution < -0.4 is 4.72 Å². The van der Waals surface area contributed by atoms with Crippen molar-refractivity contribution in [3.8, 4) is 16.9 Å². The van der Waals surface area contributed by atoms with Gasteiger partial charge in [0.1, 0.15) is 5.82 Å². The Morgan fingerprint density at radius 2 is 1.88 bits per heavy atom. The molecule has 0 fully saturated rings. The second kappa shape index (κ2) is 8.48. The van der Waals surface area contributed by atoms with E-state index in [0.29, 0.717) is 32.9 Å². The standard InChI is InChI=1S/C22H13Cl2FN4O3S/c1-26-18-6-4-3-5-13(18)21-15-9-12(23)7-8-19(15)29(27-21)20-11-17(25)14(10-16(20)24)22(30)28-33(2,31)32/h3-11H,2H3,(H,28,30). The second-order valence-corrected chi connectivity index (χ2v) is 9.63. The summed E-state index contributed by atoms with van der Waals surface area (Å²) in [6.45, 7) is 7.46. The maximum absolute atomic E-state index is 14.8. The number of nitrogens with one attached hydrogen (secondary N) is 1. The van der Waals surface area contributed by atoms with Crippen LogP contribution in [-0.4, -0.2) is 30.4 Å². The minimum atomic E-state index is -3.89. The fourth-order valence-corrected chi connectivity index (χ4v) is 4.20. The molecule has 0 radical (unpaired) electrons. The number of aromatic nitrogens is 2. The van der Waals surface area contributed by atoms with Crippen LogP contribution in [0.1, 0.15) is 10.4 Å². The molecule has 0 saturated heterocycles. The first-order chi connectivity index (χ1) is 15.6. The van der Waals surface area contributed by atoms with Gasteiger partial charge in [-0.25, -0.2) is 27.1 Å². The number of halogens is 3. The monoisotopic (exact) mass is 502 g/mol. The fourth-order valence-electron chi connectivity index (χ4n) is 3.34. The molecule has 33 heavy (non-hydrogen) atoms. The summed E-state index contributed by atoms with van der Waals surface area (Å²) < 4.78 is 40.6. The van der Waals surface area contributed by atoms with E-state index in [1.54, 1.807) is 47.2 Å². The van der Waals surface area contributed by atoms with Crippen LogP contribution in [-0.2, 0) is 10.0 Å². The van der Waals surface area contributed by atoms with Gasteiger partial charge >= 0.3 is 0 Å². The lowest BCUT2D eigenvalue weighted by molar-refractivity contribution is 0.0978. The molecule has 0 atom stereocenters. The van der Waals surface area contributed by atoms with Crippen LogP contribution in [0.25, 0.3) is 32.7 Å². The van der Waals surface area contributed by atoms with Crippen LogP contribution in [0.15, 0.2) is 54.6 Å². The molecule has 0 aliphatic carbocycles. The van der Waals surface area contributed by atoms with Gasteiger partial charge in [0.05, 0.1) is 40.3 Å². The summed E-state index contributed by atoms with van der Waals surface area (Å²) in [5.74, 6) is -2.14. The molecule has 0 spiro atoms. The van der Waals surface area contributed by atoms with Gasteiger partial charge in [-0.3, -0.25) is 4.79 Å². The van der Waals surface area contributed by atoms with Crippen molar-refractivity contribution in [2.45, 2.75) is 0 Å². The number of carbonyl (C=O) groups is 1. The van der Waals surface area contributed by atoms with Gasteiger partial charge in [0, 0.05) is 22.0 Å². The van der Waals surface area contributed by atoms with E-state index < -0.39 is 27.3 Å². The number of hydrogen-bond acceptors (Lipinski definition) is 4. The number of para-hydroxylation sites is 1. The molecule has 0 unspecified atom stereocenters. The van der Waals surface area contributed by atoms with Gasteiger partial charge in [0.25, 0.3) is 5.91 Å². The topological polar surface area (TPSA) is 85.4 Å². The lowest BCUT2D eigenvalue weighted by Crippen LogP contribution is -2.30. The van der Waals surface area contributed by atoms with Gasteiger partial charge < -0.3 is 0 Å². The number of carbonyl (C=O) groups excluding carboxylic acids is 1. The summed E-state index contributed by atoms with van der Waals surface area (Å²) in [5, 5.41) is 5.58. The molecular weight excluding hydrogens is 490 g/mol. The van der Waals surface area contributed by atoms with Crippen LogP contribution in [0, 0.1) is 12.4 Å². The molecule has 11 heteroatoms. The lowest BCUT2D eigenvalue weighted by atomic mass is 10.1. The zero-order valence-electron chi connectivity index (χ0n) is 16.8. The van der Waals surface area contributed by atoms with Gasteiger partial charge in [-0.1, -0.05) is 47.5 Å². The first-order valence-corrected chi connectivity index (χ1v) is 11.9. The lowest BCUT2D eigenvalue weighted by Gasteiger charge is -2.10. The average Bonchev–Trinajstić information content (AvgIpc) is 3.12. The van der Waals surface area contributed by atoms with Gasteiger partial charge in [0.2, 0.25) is 10.0 Å². The minimum Gasteiger partial charge on any atom is -0.268 e. The van der Waals surface area contributed by atoms with E-state index >= 15 is 0 Å². The van der Waals surface area contributed by atoms with E-state index in [9.17, 15) is 17.6 Å². The Hall–Kier alpha value is -3.45. The summed E-state index contributed by atoms with van der Waals surface area (Å²) in [6, 6.07) is 13.9. The Balaban J connectivity index is 1.94. The van der Waals surface area contributed by atoms with Crippen molar-refractivity contribution in [2.75, 3.05) is 6.26 Å². The van der Waals surface area contributed by atoms with Crippen LogP contribution in [0.2, 0.25) is 10.0 Å². The number of hydrogen-bond donors (Lipinski definition) is 1. The number of sulfonamides is 1. The van der Waals surface area contributed by atoms with E-state index in [4.69, 9.17) is 29.8 Å². The number of fused-ring (bicyclic) bond motifs is 1. The van der Waals surface area contributed by atoms with Gasteiger partial charge in [-0.15, -0.1) is 0 Å². The van der Waals surface area contributed by atoms with E-state index in [1.807, 2.05) is 0 Å². The molecule has 166 valence electrons. The summed E-state index contributed by atoms with van der Waals surface area (Å²) in [6.07, 6.45) is 0.780. The second-order valence-electron chi connectivity index (χ2n) is 7.04. The Morgan fingerprint density at radius 1 is 1.15 bits per heavy atom. The maximum Gasteiger partial charge on any atom is 0.267 e. The third-order valence-corrected chi connectivity index (χ3v) is 5.80. The number of benzene rings is 3. The molecule has 0 saturated carbocycles. The van der Waals surface area contributed by atoms with Crippen molar-refractivity contribution in [3.63, 3.8) is 0 Å². The van der Waals surface area contributed by atoms with Gasteiger partial charge in [-0.2, -0.15) is 5.10 Å². The predicted molar refractivity (Wildman–Crippen MR) is 125 cm³/mol. The third kappa shape index (κ3) is 4.41. The van der Waals surface area contributed by atoms with Crippen molar-refractivity contribution >= 4 is 55.7 Å². The van der Waals surface area contributed by atoms with Crippen molar-refractivity contribution in [3.05, 3.63) is 87.4 Å². The molecule has 0 aliphatic heterocycles. The average molecular weight is 503 g/mol. The third-order valence-electron chi connectivity index (χ3n) is 4.71.